The van der Waals surface area contributed by atoms with Gasteiger partial charge in [-0.2, -0.15) is 0 Å². The summed E-state index contributed by atoms with van der Waals surface area (Å²) in [6.07, 6.45) is -3.89. The Bertz CT molecular complexity index is 139. The van der Waals surface area contributed by atoms with Gasteiger partial charge in [-0.1, -0.05) is 0 Å². The summed E-state index contributed by atoms with van der Waals surface area (Å²) < 4.78 is 9.58. The fourth-order valence-electron chi connectivity index (χ4n) is 0.991. The molecule has 5 N–H and O–H groups in total. The average Bonchev–Trinajstić information content (AvgIpc) is 2.28. The summed E-state index contributed by atoms with van der Waals surface area (Å²) in [7, 11) is 0. The van der Waals surface area contributed by atoms with E-state index < -0.39 is 18.3 Å². The van der Waals surface area contributed by atoms with Crippen molar-refractivity contribution in [2.24, 2.45) is 0 Å². The van der Waals surface area contributed by atoms with Crippen LogP contribution in [0.2, 0.25) is 0 Å². The van der Waals surface area contributed by atoms with Gasteiger partial charge in [0, 0.05) is 0 Å². The van der Waals surface area contributed by atoms with Crippen molar-refractivity contribution in [3.63, 3.8) is 0 Å². The molecule has 0 saturated heterocycles. The lowest BCUT2D eigenvalue weighted by molar-refractivity contribution is -0.110. The van der Waals surface area contributed by atoms with Crippen LogP contribution in [0.15, 0.2) is 0 Å². The van der Waals surface area contributed by atoms with Gasteiger partial charge in [0.05, 0.1) is 39.6 Å². The van der Waals surface area contributed by atoms with Crippen LogP contribution in [-0.4, -0.2) is 83.5 Å². The van der Waals surface area contributed by atoms with Crippen LogP contribution in [0.25, 0.3) is 0 Å². The lowest BCUT2D eigenvalue weighted by atomic mass is 10.1. The quantitative estimate of drug-likeness (QED) is 0.260. The van der Waals surface area contributed by atoms with E-state index in [0.29, 0.717) is 0 Å². The van der Waals surface area contributed by atoms with Crippen LogP contribution in [0.5, 0.6) is 0 Å². The second kappa shape index (κ2) is 9.91. The molecule has 0 heterocycles. The molecule has 0 saturated carbocycles. The molecule has 0 aromatic rings. The molecular weight excluding hydrogens is 220 g/mol. The summed E-state index contributed by atoms with van der Waals surface area (Å²) in [4.78, 5) is 0. The fraction of sp³-hybridized carbons (Fsp3) is 1.00. The third-order valence-electron chi connectivity index (χ3n) is 1.84. The van der Waals surface area contributed by atoms with E-state index in [1.165, 1.54) is 0 Å². The van der Waals surface area contributed by atoms with E-state index in [9.17, 15) is 15.3 Å². The monoisotopic (exact) mass is 240 g/mol. The molecule has 0 aliphatic rings. The molecule has 16 heavy (non-hydrogen) atoms. The van der Waals surface area contributed by atoms with Crippen molar-refractivity contribution in [1.29, 1.82) is 0 Å². The Morgan fingerprint density at radius 2 is 1.12 bits per heavy atom. The third-order valence-corrected chi connectivity index (χ3v) is 1.84. The van der Waals surface area contributed by atoms with Crippen LogP contribution in [0.4, 0.5) is 0 Å². The topological polar surface area (TPSA) is 120 Å². The first-order chi connectivity index (χ1) is 7.63. The highest BCUT2D eigenvalue weighted by Gasteiger charge is 2.24. The Balaban J connectivity index is 3.68. The average molecular weight is 240 g/mol. The maximum atomic E-state index is 9.40. The highest BCUT2D eigenvalue weighted by atomic mass is 16.5. The highest BCUT2D eigenvalue weighted by Crippen LogP contribution is 2.02. The molecule has 0 bridgehead atoms. The smallest absolute Gasteiger partial charge is 0.110 e. The van der Waals surface area contributed by atoms with E-state index in [1.807, 2.05) is 0 Å². The minimum Gasteiger partial charge on any atom is -0.394 e. The summed E-state index contributed by atoms with van der Waals surface area (Å²) in [6, 6.07) is 0. The largest absolute Gasteiger partial charge is 0.394 e. The van der Waals surface area contributed by atoms with Gasteiger partial charge < -0.3 is 35.0 Å². The Morgan fingerprint density at radius 3 is 1.44 bits per heavy atom. The highest BCUT2D eigenvalue weighted by molar-refractivity contribution is 4.74. The van der Waals surface area contributed by atoms with Gasteiger partial charge in [0.1, 0.15) is 18.3 Å². The molecule has 2 atom stereocenters. The van der Waals surface area contributed by atoms with Crippen LogP contribution >= 0.6 is 0 Å². The molecular formula is C9H20O7. The maximum Gasteiger partial charge on any atom is 0.110 e. The zero-order valence-corrected chi connectivity index (χ0v) is 9.03. The normalized spacial score (nSPS) is 17.1. The second-order valence-electron chi connectivity index (χ2n) is 3.22. The fourth-order valence-corrected chi connectivity index (χ4v) is 0.991. The Hall–Kier alpha value is -0.280. The van der Waals surface area contributed by atoms with Crippen LogP contribution in [-0.2, 0) is 9.47 Å². The van der Waals surface area contributed by atoms with Gasteiger partial charge in [-0.15, -0.1) is 0 Å². The van der Waals surface area contributed by atoms with Crippen LogP contribution in [0.1, 0.15) is 0 Å². The maximum absolute atomic E-state index is 9.40. The standard InChI is InChI=1S/C9H20O7/c10-1-3-15-5-7(12)9(14)8(13)6-16-4-2-11/h7-14H,1-6H2. The van der Waals surface area contributed by atoms with Crippen molar-refractivity contribution in [2.75, 3.05) is 39.6 Å². The van der Waals surface area contributed by atoms with Crippen LogP contribution in [0.3, 0.4) is 0 Å². The molecule has 0 spiro atoms. The first-order valence-corrected chi connectivity index (χ1v) is 5.04. The lowest BCUT2D eigenvalue weighted by Gasteiger charge is -2.22. The second-order valence-corrected chi connectivity index (χ2v) is 3.22. The Kier molecular flexibility index (Phi) is 9.74. The zero-order valence-electron chi connectivity index (χ0n) is 9.03. The summed E-state index contributed by atoms with van der Waals surface area (Å²) in [5, 5.41) is 44.9. The minimum absolute atomic E-state index is 0.0564. The molecule has 0 fully saturated rings. The van der Waals surface area contributed by atoms with Gasteiger partial charge in [-0.25, -0.2) is 0 Å². The SMILES string of the molecule is OCCOCC(O)C(O)C(O)COCCO. The summed E-state index contributed by atoms with van der Waals surface area (Å²) in [5.41, 5.74) is 0. The molecule has 0 rings (SSSR count). The zero-order chi connectivity index (χ0) is 12.4. The number of aliphatic hydroxyl groups is 5. The van der Waals surface area contributed by atoms with Gasteiger partial charge in [0.25, 0.3) is 0 Å². The third kappa shape index (κ3) is 7.07. The van der Waals surface area contributed by atoms with Crippen LogP contribution < -0.4 is 0 Å². The van der Waals surface area contributed by atoms with Crippen molar-refractivity contribution in [3.05, 3.63) is 0 Å². The van der Waals surface area contributed by atoms with E-state index in [1.54, 1.807) is 0 Å². The first kappa shape index (κ1) is 15.7. The molecule has 0 aliphatic carbocycles. The predicted molar refractivity (Wildman–Crippen MR) is 53.8 cm³/mol. The molecule has 7 nitrogen and oxygen atoms in total. The van der Waals surface area contributed by atoms with E-state index in [0.717, 1.165) is 0 Å². The van der Waals surface area contributed by atoms with Gasteiger partial charge in [0.2, 0.25) is 0 Å². The van der Waals surface area contributed by atoms with Crippen molar-refractivity contribution in [1.82, 2.24) is 0 Å². The van der Waals surface area contributed by atoms with Gasteiger partial charge in [-0.05, 0) is 0 Å². The minimum atomic E-state index is -1.39. The molecule has 0 aromatic heterocycles. The van der Waals surface area contributed by atoms with E-state index >= 15 is 0 Å². The molecule has 0 aromatic carbocycles. The van der Waals surface area contributed by atoms with Gasteiger partial charge in [-0.3, -0.25) is 0 Å². The lowest BCUT2D eigenvalue weighted by Crippen LogP contribution is -2.42. The molecule has 7 heteroatoms. The van der Waals surface area contributed by atoms with Gasteiger partial charge >= 0.3 is 0 Å². The number of hydrogen-bond acceptors (Lipinski definition) is 7. The predicted octanol–water partition coefficient (Wildman–Crippen LogP) is -2.91. The van der Waals surface area contributed by atoms with Crippen molar-refractivity contribution in [2.45, 2.75) is 18.3 Å². The molecule has 0 radical (unpaired) electrons. The van der Waals surface area contributed by atoms with Crippen molar-refractivity contribution >= 4 is 0 Å². The van der Waals surface area contributed by atoms with E-state index in [2.05, 4.69) is 0 Å². The van der Waals surface area contributed by atoms with E-state index in [4.69, 9.17) is 19.7 Å². The number of aliphatic hydroxyl groups excluding tert-OH is 5. The number of ether oxygens (including phenoxy) is 2. The Morgan fingerprint density at radius 1 is 0.750 bits per heavy atom. The number of rotatable bonds is 10. The summed E-state index contributed by atoms with van der Waals surface area (Å²) in [5.74, 6) is 0. The van der Waals surface area contributed by atoms with E-state index in [-0.39, 0.29) is 39.6 Å². The summed E-state index contributed by atoms with van der Waals surface area (Å²) >= 11 is 0. The van der Waals surface area contributed by atoms with Crippen molar-refractivity contribution < 1.29 is 35.0 Å². The number of hydrogen-bond donors (Lipinski definition) is 5. The molecule has 2 unspecified atom stereocenters. The molecule has 0 aliphatic heterocycles. The molecule has 98 valence electrons. The van der Waals surface area contributed by atoms with Gasteiger partial charge in [0.15, 0.2) is 0 Å². The van der Waals surface area contributed by atoms with Crippen molar-refractivity contribution in [3.8, 4) is 0 Å². The van der Waals surface area contributed by atoms with Crippen LogP contribution in [0, 0.1) is 0 Å². The molecule has 0 amide bonds. The Labute approximate surface area is 93.9 Å². The summed E-state index contributed by atoms with van der Waals surface area (Å²) in [6.45, 7) is -0.602. The first-order valence-electron chi connectivity index (χ1n) is 5.04.